The Bertz CT molecular complexity index is 757. The Morgan fingerprint density at radius 2 is 1.95 bits per heavy atom. The summed E-state index contributed by atoms with van der Waals surface area (Å²) in [6, 6.07) is 7.14. The number of hydrogen-bond acceptors (Lipinski definition) is 7. The van der Waals surface area contributed by atoms with Crippen molar-refractivity contribution in [2.24, 2.45) is 5.10 Å². The molecule has 0 radical (unpaired) electrons. The number of benzene rings is 1. The second-order valence-corrected chi connectivity index (χ2v) is 4.35. The quantitative estimate of drug-likeness (QED) is 0.784. The number of aromatic nitrogens is 4. The molecule has 1 aromatic carbocycles. The van der Waals surface area contributed by atoms with E-state index in [2.05, 4.69) is 26.1 Å². The highest BCUT2D eigenvalue weighted by molar-refractivity contribution is 6.48. The molecule has 22 heavy (non-hydrogen) atoms. The number of carbonyl (C=O) groups excluding carboxylic acids is 1. The number of nitrogens with zero attached hydrogens (tertiary/aromatic N) is 5. The molecule has 2 heterocycles. The second-order valence-electron chi connectivity index (χ2n) is 4.35. The fourth-order valence-corrected chi connectivity index (χ4v) is 1.95. The zero-order chi connectivity index (χ0) is 16.0. The van der Waals surface area contributed by atoms with Crippen LogP contribution in [-0.2, 0) is 5.72 Å². The van der Waals surface area contributed by atoms with Gasteiger partial charge in [0.15, 0.2) is 5.71 Å². The highest BCUT2D eigenvalue weighted by Crippen LogP contribution is 2.39. The summed E-state index contributed by atoms with van der Waals surface area (Å²) in [7, 11) is 0. The average Bonchev–Trinajstić information content (AvgIpc) is 2.96. The first-order valence-electron chi connectivity index (χ1n) is 5.87. The number of aliphatic hydroxyl groups is 1. The molecule has 1 aliphatic heterocycles. The number of tetrazole rings is 1. The third-order valence-corrected chi connectivity index (χ3v) is 3.02. The van der Waals surface area contributed by atoms with E-state index in [0.717, 1.165) is 0 Å². The lowest BCUT2D eigenvalue weighted by Gasteiger charge is -2.32. The smallest absolute Gasteiger partial charge is 0.357 e. The van der Waals surface area contributed by atoms with Crippen LogP contribution < -0.4 is 5.43 Å². The molecule has 1 aromatic heterocycles. The standard InChI is InChI=1S/C11H7F3N6O2/c12-11(13,14)10(22)8(7(21)6-4-2-1-3-5-6)15-16-9-17-18-19-20(9)10/h1-5,22H,(H,16,17,19). The first-order valence-corrected chi connectivity index (χ1v) is 5.87. The molecule has 2 N–H and O–H groups in total. The van der Waals surface area contributed by atoms with Crippen LogP contribution in [0, 0.1) is 0 Å². The molecule has 0 saturated heterocycles. The van der Waals surface area contributed by atoms with Gasteiger partial charge in [-0.05, 0) is 10.4 Å². The van der Waals surface area contributed by atoms with Crippen LogP contribution in [0.1, 0.15) is 10.4 Å². The van der Waals surface area contributed by atoms with Crippen molar-refractivity contribution in [2.75, 3.05) is 5.43 Å². The number of rotatable bonds is 2. The van der Waals surface area contributed by atoms with Crippen LogP contribution in [0.25, 0.3) is 0 Å². The summed E-state index contributed by atoms with van der Waals surface area (Å²) >= 11 is 0. The maximum absolute atomic E-state index is 13.4. The monoisotopic (exact) mass is 312 g/mol. The molecule has 114 valence electrons. The van der Waals surface area contributed by atoms with Crippen LogP contribution in [0.5, 0.6) is 0 Å². The highest BCUT2D eigenvalue weighted by Gasteiger charge is 2.64. The number of halogens is 3. The molecule has 3 rings (SSSR count). The normalized spacial score (nSPS) is 20.8. The minimum Gasteiger partial charge on any atom is -0.357 e. The lowest BCUT2D eigenvalue weighted by atomic mass is 9.97. The molecule has 0 amide bonds. The van der Waals surface area contributed by atoms with Crippen molar-refractivity contribution < 1.29 is 23.1 Å². The third kappa shape index (κ3) is 1.86. The third-order valence-electron chi connectivity index (χ3n) is 3.02. The summed E-state index contributed by atoms with van der Waals surface area (Å²) in [5.74, 6) is -1.64. The number of carbonyl (C=O) groups is 1. The maximum atomic E-state index is 13.4. The van der Waals surface area contributed by atoms with E-state index in [1.165, 1.54) is 24.3 Å². The molecule has 0 fully saturated rings. The number of nitrogens with one attached hydrogen (secondary N) is 1. The fraction of sp³-hybridized carbons (Fsp3) is 0.182. The van der Waals surface area contributed by atoms with E-state index in [0.29, 0.717) is 0 Å². The predicted molar refractivity (Wildman–Crippen MR) is 65.9 cm³/mol. The Hall–Kier alpha value is -2.82. The van der Waals surface area contributed by atoms with Gasteiger partial charge in [-0.2, -0.15) is 23.0 Å². The minimum absolute atomic E-state index is 0.0656. The zero-order valence-electron chi connectivity index (χ0n) is 10.6. The van der Waals surface area contributed by atoms with Crippen LogP contribution >= 0.6 is 0 Å². The number of ketones is 1. The van der Waals surface area contributed by atoms with Crippen molar-refractivity contribution >= 4 is 17.4 Å². The highest BCUT2D eigenvalue weighted by atomic mass is 19.4. The summed E-state index contributed by atoms with van der Waals surface area (Å²) in [6.45, 7) is 0. The molecule has 11 heteroatoms. The van der Waals surface area contributed by atoms with Crippen molar-refractivity contribution in [3.05, 3.63) is 35.9 Å². The number of Topliss-reactive ketones (excluding diaryl/α,β-unsaturated/α-hetero) is 1. The molecule has 1 unspecified atom stereocenters. The second kappa shape index (κ2) is 4.59. The summed E-state index contributed by atoms with van der Waals surface area (Å²) in [5, 5.41) is 22.8. The van der Waals surface area contributed by atoms with Gasteiger partial charge in [-0.3, -0.25) is 4.79 Å². The van der Waals surface area contributed by atoms with Gasteiger partial charge >= 0.3 is 11.9 Å². The van der Waals surface area contributed by atoms with E-state index in [9.17, 15) is 23.1 Å². The minimum atomic E-state index is -5.26. The van der Waals surface area contributed by atoms with Crippen LogP contribution in [0.3, 0.4) is 0 Å². The van der Waals surface area contributed by atoms with Gasteiger partial charge in [0.05, 0.1) is 0 Å². The van der Waals surface area contributed by atoms with Gasteiger partial charge in [-0.1, -0.05) is 35.4 Å². The molecule has 0 saturated carbocycles. The van der Waals surface area contributed by atoms with E-state index in [1.807, 2.05) is 0 Å². The lowest BCUT2D eigenvalue weighted by Crippen LogP contribution is -2.59. The fourth-order valence-electron chi connectivity index (χ4n) is 1.95. The van der Waals surface area contributed by atoms with Gasteiger partial charge in [0, 0.05) is 5.56 Å². The number of hydrogen-bond donors (Lipinski definition) is 2. The molecular weight excluding hydrogens is 305 g/mol. The molecule has 1 atom stereocenters. The summed E-state index contributed by atoms with van der Waals surface area (Å²) in [4.78, 5) is 12.3. The van der Waals surface area contributed by atoms with Crippen LogP contribution in [0.2, 0.25) is 0 Å². The van der Waals surface area contributed by atoms with Gasteiger partial charge in [-0.25, -0.2) is 5.43 Å². The Labute approximate surface area is 120 Å². The summed E-state index contributed by atoms with van der Waals surface area (Å²) in [5.41, 5.74) is -2.90. The van der Waals surface area contributed by atoms with Crippen molar-refractivity contribution in [1.82, 2.24) is 20.2 Å². The molecule has 2 aromatic rings. The average molecular weight is 312 g/mol. The number of anilines is 1. The largest absolute Gasteiger partial charge is 0.445 e. The Morgan fingerprint density at radius 3 is 2.59 bits per heavy atom. The Morgan fingerprint density at radius 1 is 1.27 bits per heavy atom. The number of fused-ring (bicyclic) bond motifs is 1. The molecule has 0 spiro atoms. The van der Waals surface area contributed by atoms with Gasteiger partial charge in [0.2, 0.25) is 5.78 Å². The first kappa shape index (κ1) is 14.1. The van der Waals surface area contributed by atoms with Crippen molar-refractivity contribution in [3.63, 3.8) is 0 Å². The number of alkyl halides is 3. The van der Waals surface area contributed by atoms with E-state index >= 15 is 0 Å². The van der Waals surface area contributed by atoms with Gasteiger partial charge < -0.3 is 5.11 Å². The first-order chi connectivity index (χ1) is 10.4. The molecule has 1 aliphatic rings. The van der Waals surface area contributed by atoms with Crippen molar-refractivity contribution in [2.45, 2.75) is 11.9 Å². The summed E-state index contributed by atoms with van der Waals surface area (Å²) < 4.78 is 40.2. The predicted octanol–water partition coefficient (Wildman–Crippen LogP) is 0.545. The van der Waals surface area contributed by atoms with Crippen molar-refractivity contribution in [3.8, 4) is 0 Å². The van der Waals surface area contributed by atoms with E-state index in [1.54, 1.807) is 6.07 Å². The molecule has 0 aliphatic carbocycles. The van der Waals surface area contributed by atoms with Gasteiger partial charge in [0.25, 0.3) is 5.95 Å². The van der Waals surface area contributed by atoms with Crippen LogP contribution in [-0.4, -0.2) is 43.0 Å². The summed E-state index contributed by atoms with van der Waals surface area (Å²) in [6.07, 6.45) is -5.26. The topological polar surface area (TPSA) is 105 Å². The van der Waals surface area contributed by atoms with E-state index in [4.69, 9.17) is 0 Å². The lowest BCUT2D eigenvalue weighted by molar-refractivity contribution is -0.268. The Balaban J connectivity index is 2.15. The van der Waals surface area contributed by atoms with Crippen LogP contribution in [0.4, 0.5) is 19.1 Å². The zero-order valence-corrected chi connectivity index (χ0v) is 10.6. The van der Waals surface area contributed by atoms with Crippen LogP contribution in [0.15, 0.2) is 35.4 Å². The van der Waals surface area contributed by atoms with E-state index in [-0.39, 0.29) is 10.2 Å². The molecular formula is C11H7F3N6O2. The number of hydrazone groups is 1. The van der Waals surface area contributed by atoms with Gasteiger partial charge in [-0.15, -0.1) is 0 Å². The van der Waals surface area contributed by atoms with Crippen molar-refractivity contribution in [1.29, 1.82) is 0 Å². The molecule has 0 bridgehead atoms. The van der Waals surface area contributed by atoms with Gasteiger partial charge in [0.1, 0.15) is 0 Å². The molecule has 8 nitrogen and oxygen atoms in total. The van der Waals surface area contributed by atoms with E-state index < -0.39 is 29.3 Å². The Kier molecular flexibility index (Phi) is 2.95. The SMILES string of the molecule is O=C(C1=NNc2nnnn2C1(O)C(F)(F)F)c1ccccc1. The maximum Gasteiger partial charge on any atom is 0.445 e.